The van der Waals surface area contributed by atoms with Gasteiger partial charge in [-0.25, -0.2) is 0 Å². The number of furan rings is 1. The molecule has 2 heteroatoms. The Bertz CT molecular complexity index is 493. The smallest absolute Gasteiger partial charge is 0.108 e. The molecule has 2 rings (SSSR count). The standard InChI is InChI=1S/C15H19NO/c1-4-14-13(5-6-17-14)15(16)12-8-10(2)7-11(3)9-12/h5-9,15H,4,16H2,1-3H3. The molecule has 0 saturated carbocycles. The van der Waals surface area contributed by atoms with Gasteiger partial charge in [-0.2, -0.15) is 0 Å². The van der Waals surface area contributed by atoms with E-state index in [1.165, 1.54) is 11.1 Å². The number of benzene rings is 1. The van der Waals surface area contributed by atoms with Crippen molar-refractivity contribution in [1.82, 2.24) is 0 Å². The third kappa shape index (κ3) is 2.42. The molecule has 17 heavy (non-hydrogen) atoms. The van der Waals surface area contributed by atoms with Crippen LogP contribution in [0.5, 0.6) is 0 Å². The summed E-state index contributed by atoms with van der Waals surface area (Å²) >= 11 is 0. The predicted octanol–water partition coefficient (Wildman–Crippen LogP) is 3.51. The number of aryl methyl sites for hydroxylation is 3. The molecule has 2 N–H and O–H groups in total. The lowest BCUT2D eigenvalue weighted by Crippen LogP contribution is -2.13. The first-order valence-corrected chi connectivity index (χ1v) is 6.02. The van der Waals surface area contributed by atoms with Gasteiger partial charge in [0.2, 0.25) is 0 Å². The topological polar surface area (TPSA) is 39.2 Å². The Morgan fingerprint density at radius 2 is 1.82 bits per heavy atom. The molecule has 0 aliphatic rings. The van der Waals surface area contributed by atoms with E-state index in [2.05, 4.69) is 39.0 Å². The molecule has 0 bridgehead atoms. The van der Waals surface area contributed by atoms with Crippen LogP contribution in [0.4, 0.5) is 0 Å². The average molecular weight is 229 g/mol. The fourth-order valence-electron chi connectivity index (χ4n) is 2.28. The number of rotatable bonds is 3. The predicted molar refractivity (Wildman–Crippen MR) is 70.0 cm³/mol. The molecule has 0 saturated heterocycles. The van der Waals surface area contributed by atoms with Crippen molar-refractivity contribution < 1.29 is 4.42 Å². The van der Waals surface area contributed by atoms with Gasteiger partial charge in [0.1, 0.15) is 5.76 Å². The summed E-state index contributed by atoms with van der Waals surface area (Å²) in [6.07, 6.45) is 2.59. The van der Waals surface area contributed by atoms with Gasteiger partial charge in [-0.05, 0) is 25.5 Å². The minimum absolute atomic E-state index is 0.0951. The lowest BCUT2D eigenvalue weighted by Gasteiger charge is -2.13. The van der Waals surface area contributed by atoms with Crippen LogP contribution in [0.15, 0.2) is 34.9 Å². The van der Waals surface area contributed by atoms with Crippen LogP contribution in [0.25, 0.3) is 0 Å². The van der Waals surface area contributed by atoms with Crippen molar-refractivity contribution in [2.75, 3.05) is 0 Å². The van der Waals surface area contributed by atoms with Crippen LogP contribution >= 0.6 is 0 Å². The second-order valence-corrected chi connectivity index (χ2v) is 4.55. The molecule has 0 amide bonds. The van der Waals surface area contributed by atoms with Crippen LogP contribution in [-0.2, 0) is 6.42 Å². The molecule has 2 nitrogen and oxygen atoms in total. The minimum atomic E-state index is -0.0951. The maximum Gasteiger partial charge on any atom is 0.108 e. The van der Waals surface area contributed by atoms with Gasteiger partial charge in [0.15, 0.2) is 0 Å². The molecule has 1 aromatic heterocycles. The molecule has 1 aromatic carbocycles. The fraction of sp³-hybridized carbons (Fsp3) is 0.333. The summed E-state index contributed by atoms with van der Waals surface area (Å²) in [7, 11) is 0. The zero-order chi connectivity index (χ0) is 12.4. The van der Waals surface area contributed by atoms with Crippen molar-refractivity contribution in [2.24, 2.45) is 5.73 Å². The van der Waals surface area contributed by atoms with Gasteiger partial charge in [-0.15, -0.1) is 0 Å². The van der Waals surface area contributed by atoms with Gasteiger partial charge in [0.25, 0.3) is 0 Å². The maximum atomic E-state index is 6.31. The second kappa shape index (κ2) is 4.76. The average Bonchev–Trinajstić information content (AvgIpc) is 2.74. The van der Waals surface area contributed by atoms with Gasteiger partial charge < -0.3 is 10.2 Å². The van der Waals surface area contributed by atoms with Crippen molar-refractivity contribution in [3.05, 3.63) is 58.5 Å². The Kier molecular flexibility index (Phi) is 3.34. The minimum Gasteiger partial charge on any atom is -0.469 e. The van der Waals surface area contributed by atoms with Gasteiger partial charge in [0, 0.05) is 12.0 Å². The van der Waals surface area contributed by atoms with Crippen LogP contribution in [0.2, 0.25) is 0 Å². The molecule has 1 unspecified atom stereocenters. The first-order valence-electron chi connectivity index (χ1n) is 6.02. The molecular formula is C15H19NO. The highest BCUT2D eigenvalue weighted by atomic mass is 16.3. The first kappa shape index (κ1) is 11.9. The Balaban J connectivity index is 2.39. The van der Waals surface area contributed by atoms with E-state index in [4.69, 9.17) is 10.2 Å². The third-order valence-electron chi connectivity index (χ3n) is 3.04. The van der Waals surface area contributed by atoms with Crippen molar-refractivity contribution in [3.8, 4) is 0 Å². The van der Waals surface area contributed by atoms with E-state index in [9.17, 15) is 0 Å². The molecule has 0 aliphatic heterocycles. The van der Waals surface area contributed by atoms with E-state index in [1.807, 2.05) is 6.07 Å². The lowest BCUT2D eigenvalue weighted by molar-refractivity contribution is 0.509. The van der Waals surface area contributed by atoms with E-state index in [1.54, 1.807) is 6.26 Å². The Labute approximate surface area is 102 Å². The molecule has 2 aromatic rings. The number of hydrogen-bond acceptors (Lipinski definition) is 2. The summed E-state index contributed by atoms with van der Waals surface area (Å²) in [6.45, 7) is 6.27. The Morgan fingerprint density at radius 3 is 2.41 bits per heavy atom. The fourth-order valence-corrected chi connectivity index (χ4v) is 2.28. The van der Waals surface area contributed by atoms with Crippen molar-refractivity contribution >= 4 is 0 Å². The summed E-state index contributed by atoms with van der Waals surface area (Å²) in [5, 5.41) is 0. The molecule has 0 spiro atoms. The molecule has 0 fully saturated rings. The lowest BCUT2D eigenvalue weighted by atomic mass is 9.96. The zero-order valence-corrected chi connectivity index (χ0v) is 10.7. The van der Waals surface area contributed by atoms with E-state index in [0.29, 0.717) is 0 Å². The van der Waals surface area contributed by atoms with Crippen LogP contribution in [-0.4, -0.2) is 0 Å². The Morgan fingerprint density at radius 1 is 1.18 bits per heavy atom. The molecule has 0 aliphatic carbocycles. The number of hydrogen-bond donors (Lipinski definition) is 1. The van der Waals surface area contributed by atoms with Gasteiger partial charge in [0.05, 0.1) is 12.3 Å². The van der Waals surface area contributed by atoms with Crippen molar-refractivity contribution in [2.45, 2.75) is 33.2 Å². The van der Waals surface area contributed by atoms with Crippen LogP contribution < -0.4 is 5.73 Å². The van der Waals surface area contributed by atoms with Crippen LogP contribution in [0.3, 0.4) is 0 Å². The monoisotopic (exact) mass is 229 g/mol. The zero-order valence-electron chi connectivity index (χ0n) is 10.7. The summed E-state index contributed by atoms with van der Waals surface area (Å²) < 4.78 is 5.44. The van der Waals surface area contributed by atoms with Crippen LogP contribution in [0.1, 0.15) is 41.0 Å². The second-order valence-electron chi connectivity index (χ2n) is 4.55. The molecule has 1 heterocycles. The van der Waals surface area contributed by atoms with Gasteiger partial charge in [-0.1, -0.05) is 36.2 Å². The van der Waals surface area contributed by atoms with E-state index >= 15 is 0 Å². The molecule has 90 valence electrons. The third-order valence-corrected chi connectivity index (χ3v) is 3.04. The van der Waals surface area contributed by atoms with E-state index in [-0.39, 0.29) is 6.04 Å². The number of nitrogens with two attached hydrogens (primary N) is 1. The summed E-state index contributed by atoms with van der Waals surface area (Å²) in [5.74, 6) is 0.983. The summed E-state index contributed by atoms with van der Waals surface area (Å²) in [5.41, 5.74) is 11.1. The first-order chi connectivity index (χ1) is 8.11. The highest BCUT2D eigenvalue weighted by Gasteiger charge is 2.15. The molecule has 1 atom stereocenters. The van der Waals surface area contributed by atoms with Gasteiger partial charge >= 0.3 is 0 Å². The van der Waals surface area contributed by atoms with E-state index < -0.39 is 0 Å². The van der Waals surface area contributed by atoms with Crippen molar-refractivity contribution in [3.63, 3.8) is 0 Å². The normalized spacial score (nSPS) is 12.7. The van der Waals surface area contributed by atoms with E-state index in [0.717, 1.165) is 23.3 Å². The Hall–Kier alpha value is -1.54. The quantitative estimate of drug-likeness (QED) is 0.874. The largest absolute Gasteiger partial charge is 0.469 e. The highest BCUT2D eigenvalue weighted by molar-refractivity contribution is 5.37. The summed E-state index contributed by atoms with van der Waals surface area (Å²) in [4.78, 5) is 0. The maximum absolute atomic E-state index is 6.31. The highest BCUT2D eigenvalue weighted by Crippen LogP contribution is 2.25. The van der Waals surface area contributed by atoms with Crippen LogP contribution in [0, 0.1) is 13.8 Å². The SMILES string of the molecule is CCc1occc1C(N)c1cc(C)cc(C)c1. The van der Waals surface area contributed by atoms with Gasteiger partial charge in [-0.3, -0.25) is 0 Å². The van der Waals surface area contributed by atoms with Crippen molar-refractivity contribution in [1.29, 1.82) is 0 Å². The summed E-state index contributed by atoms with van der Waals surface area (Å²) in [6, 6.07) is 8.32. The molecular weight excluding hydrogens is 210 g/mol. The molecule has 0 radical (unpaired) electrons.